The summed E-state index contributed by atoms with van der Waals surface area (Å²) in [6.07, 6.45) is 5.43. The summed E-state index contributed by atoms with van der Waals surface area (Å²) in [4.78, 5) is 8.90. The molecule has 0 atom stereocenters. The molecular weight excluding hydrogens is 228 g/mol. The van der Waals surface area contributed by atoms with Gasteiger partial charge in [0.2, 0.25) is 5.82 Å². The van der Waals surface area contributed by atoms with Gasteiger partial charge in [-0.3, -0.25) is 0 Å². The standard InChI is InChI=1S/C12H8N6/c1-2-7-18-10(3-1)15-12(16-18)9-5-8-17-11(14-9)4-6-13-17/h1-8H. The van der Waals surface area contributed by atoms with E-state index >= 15 is 0 Å². The molecule has 6 nitrogen and oxygen atoms in total. The first kappa shape index (κ1) is 9.29. The van der Waals surface area contributed by atoms with Crippen molar-refractivity contribution in [3.63, 3.8) is 0 Å². The Balaban J connectivity index is 1.94. The molecule has 0 unspecified atom stereocenters. The Morgan fingerprint density at radius 3 is 2.72 bits per heavy atom. The molecule has 86 valence electrons. The van der Waals surface area contributed by atoms with E-state index in [1.807, 2.05) is 42.7 Å². The lowest BCUT2D eigenvalue weighted by atomic mass is 10.4. The third kappa shape index (κ3) is 1.29. The highest BCUT2D eigenvalue weighted by Crippen LogP contribution is 2.14. The van der Waals surface area contributed by atoms with Crippen molar-refractivity contribution in [3.8, 4) is 11.5 Å². The van der Waals surface area contributed by atoms with Crippen molar-refractivity contribution in [1.82, 2.24) is 29.2 Å². The van der Waals surface area contributed by atoms with E-state index in [-0.39, 0.29) is 0 Å². The molecule has 4 rings (SSSR count). The molecule has 4 aromatic rings. The van der Waals surface area contributed by atoms with Crippen molar-refractivity contribution < 1.29 is 0 Å². The maximum atomic E-state index is 4.46. The molecule has 0 saturated carbocycles. The fourth-order valence-corrected chi connectivity index (χ4v) is 1.88. The Morgan fingerprint density at radius 2 is 1.78 bits per heavy atom. The van der Waals surface area contributed by atoms with E-state index in [2.05, 4.69) is 20.2 Å². The minimum Gasteiger partial charge on any atom is -0.225 e. The van der Waals surface area contributed by atoms with Crippen LogP contribution in [0.5, 0.6) is 0 Å². The fraction of sp³-hybridized carbons (Fsp3) is 0. The van der Waals surface area contributed by atoms with Gasteiger partial charge in [-0.1, -0.05) is 6.07 Å². The van der Waals surface area contributed by atoms with Crippen molar-refractivity contribution in [3.05, 3.63) is 48.9 Å². The molecule has 0 fully saturated rings. The Morgan fingerprint density at radius 1 is 0.833 bits per heavy atom. The van der Waals surface area contributed by atoms with E-state index in [4.69, 9.17) is 0 Å². The van der Waals surface area contributed by atoms with Gasteiger partial charge < -0.3 is 0 Å². The van der Waals surface area contributed by atoms with Crippen molar-refractivity contribution >= 4 is 11.3 Å². The van der Waals surface area contributed by atoms with Crippen LogP contribution >= 0.6 is 0 Å². The molecule has 0 aliphatic heterocycles. The van der Waals surface area contributed by atoms with Crippen molar-refractivity contribution in [2.75, 3.05) is 0 Å². The topological polar surface area (TPSA) is 60.4 Å². The SMILES string of the molecule is c1ccn2nc(-c3ccn4nccc4n3)nc2c1. The van der Waals surface area contributed by atoms with Gasteiger partial charge in [0.05, 0.1) is 6.20 Å². The molecule has 0 aliphatic rings. The van der Waals surface area contributed by atoms with Gasteiger partial charge in [0.25, 0.3) is 0 Å². The molecule has 0 saturated heterocycles. The monoisotopic (exact) mass is 236 g/mol. The van der Waals surface area contributed by atoms with Gasteiger partial charge in [-0.15, -0.1) is 5.10 Å². The summed E-state index contributed by atoms with van der Waals surface area (Å²) in [5, 5.41) is 8.49. The zero-order valence-electron chi connectivity index (χ0n) is 9.30. The van der Waals surface area contributed by atoms with Gasteiger partial charge >= 0.3 is 0 Å². The summed E-state index contributed by atoms with van der Waals surface area (Å²) in [7, 11) is 0. The molecule has 6 heteroatoms. The first-order valence-electron chi connectivity index (χ1n) is 5.52. The van der Waals surface area contributed by atoms with Crippen LogP contribution in [0.3, 0.4) is 0 Å². The van der Waals surface area contributed by atoms with Gasteiger partial charge in [0.15, 0.2) is 11.3 Å². The summed E-state index contributed by atoms with van der Waals surface area (Å²) in [6, 6.07) is 9.46. The van der Waals surface area contributed by atoms with E-state index in [9.17, 15) is 0 Å². The van der Waals surface area contributed by atoms with Gasteiger partial charge in [-0.05, 0) is 18.2 Å². The van der Waals surface area contributed by atoms with E-state index in [0.717, 1.165) is 17.0 Å². The Labute approximate surface area is 102 Å². The Hall–Kier alpha value is -2.76. The highest BCUT2D eigenvalue weighted by atomic mass is 15.3. The van der Waals surface area contributed by atoms with Crippen LogP contribution in [0.2, 0.25) is 0 Å². The number of fused-ring (bicyclic) bond motifs is 2. The zero-order valence-corrected chi connectivity index (χ0v) is 9.30. The number of aromatic nitrogens is 6. The van der Waals surface area contributed by atoms with Crippen LogP contribution in [-0.4, -0.2) is 29.2 Å². The summed E-state index contributed by atoms with van der Waals surface area (Å²) in [5.41, 5.74) is 2.33. The second-order valence-electron chi connectivity index (χ2n) is 3.89. The lowest BCUT2D eigenvalue weighted by molar-refractivity contribution is 0.932. The number of pyridine rings is 1. The first-order valence-corrected chi connectivity index (χ1v) is 5.52. The smallest absolute Gasteiger partial charge is 0.200 e. The van der Waals surface area contributed by atoms with Gasteiger partial charge in [0, 0.05) is 18.5 Å². The number of nitrogens with zero attached hydrogens (tertiary/aromatic N) is 6. The lowest BCUT2D eigenvalue weighted by Gasteiger charge is -1.95. The van der Waals surface area contributed by atoms with E-state index < -0.39 is 0 Å². The molecule has 4 heterocycles. The number of hydrogen-bond donors (Lipinski definition) is 0. The van der Waals surface area contributed by atoms with E-state index in [1.165, 1.54) is 0 Å². The predicted octanol–water partition coefficient (Wildman–Crippen LogP) is 1.44. The average molecular weight is 236 g/mol. The third-order valence-corrected chi connectivity index (χ3v) is 2.73. The average Bonchev–Trinajstić information content (AvgIpc) is 3.04. The largest absolute Gasteiger partial charge is 0.225 e. The molecule has 0 N–H and O–H groups in total. The normalized spacial score (nSPS) is 11.3. The van der Waals surface area contributed by atoms with Crippen LogP contribution in [0.4, 0.5) is 0 Å². The number of hydrogen-bond acceptors (Lipinski definition) is 4. The molecule has 4 aromatic heterocycles. The van der Waals surface area contributed by atoms with Gasteiger partial charge in [-0.2, -0.15) is 5.10 Å². The summed E-state index contributed by atoms with van der Waals surface area (Å²) in [5.74, 6) is 0.616. The molecule has 0 bridgehead atoms. The number of rotatable bonds is 1. The van der Waals surface area contributed by atoms with Crippen LogP contribution in [0.1, 0.15) is 0 Å². The van der Waals surface area contributed by atoms with Crippen LogP contribution in [0.25, 0.3) is 22.8 Å². The quantitative estimate of drug-likeness (QED) is 0.501. The van der Waals surface area contributed by atoms with Crippen LogP contribution in [0, 0.1) is 0 Å². The lowest BCUT2D eigenvalue weighted by Crippen LogP contribution is -1.93. The highest BCUT2D eigenvalue weighted by molar-refractivity contribution is 5.56. The second-order valence-corrected chi connectivity index (χ2v) is 3.89. The molecule has 0 aromatic carbocycles. The summed E-state index contributed by atoms with van der Waals surface area (Å²) in [6.45, 7) is 0. The molecule has 0 spiro atoms. The highest BCUT2D eigenvalue weighted by Gasteiger charge is 2.08. The fourth-order valence-electron chi connectivity index (χ4n) is 1.88. The molecule has 0 amide bonds. The maximum absolute atomic E-state index is 4.46. The second kappa shape index (κ2) is 3.36. The summed E-state index contributed by atoms with van der Waals surface area (Å²) >= 11 is 0. The molecular formula is C12H8N6. The minimum absolute atomic E-state index is 0.616. The Kier molecular flexibility index (Phi) is 1.74. The van der Waals surface area contributed by atoms with Crippen LogP contribution in [0.15, 0.2) is 48.9 Å². The zero-order chi connectivity index (χ0) is 11.9. The van der Waals surface area contributed by atoms with Crippen LogP contribution < -0.4 is 0 Å². The molecule has 0 aliphatic carbocycles. The van der Waals surface area contributed by atoms with Crippen molar-refractivity contribution in [2.45, 2.75) is 0 Å². The van der Waals surface area contributed by atoms with Crippen molar-refractivity contribution in [1.29, 1.82) is 0 Å². The maximum Gasteiger partial charge on any atom is 0.200 e. The third-order valence-electron chi connectivity index (χ3n) is 2.73. The van der Waals surface area contributed by atoms with E-state index in [1.54, 1.807) is 15.2 Å². The molecule has 0 radical (unpaired) electrons. The molecule has 18 heavy (non-hydrogen) atoms. The minimum atomic E-state index is 0.616. The Bertz CT molecular complexity index is 811. The van der Waals surface area contributed by atoms with E-state index in [0.29, 0.717) is 5.82 Å². The predicted molar refractivity (Wildman–Crippen MR) is 65.0 cm³/mol. The van der Waals surface area contributed by atoms with Gasteiger partial charge in [0.1, 0.15) is 5.69 Å². The summed E-state index contributed by atoms with van der Waals surface area (Å²) < 4.78 is 3.44. The van der Waals surface area contributed by atoms with Crippen molar-refractivity contribution in [2.24, 2.45) is 0 Å². The van der Waals surface area contributed by atoms with Gasteiger partial charge in [-0.25, -0.2) is 19.0 Å². The van der Waals surface area contributed by atoms with Crippen LogP contribution in [-0.2, 0) is 0 Å². The first-order chi connectivity index (χ1) is 8.90.